The molecule has 0 amide bonds. The molecule has 8 aromatic carbocycles. The van der Waals surface area contributed by atoms with Crippen molar-refractivity contribution >= 4 is 465 Å². The van der Waals surface area contributed by atoms with Crippen molar-refractivity contribution in [2.45, 2.75) is 0 Å². The summed E-state index contributed by atoms with van der Waals surface area (Å²) in [7, 11) is 201. The van der Waals surface area contributed by atoms with Crippen LogP contribution in [0, 0.1) is 0 Å². The van der Waals surface area contributed by atoms with Crippen molar-refractivity contribution in [3.05, 3.63) is 0 Å². The minimum absolute atomic E-state index is 0.00712. The van der Waals surface area contributed by atoms with Crippen molar-refractivity contribution in [3.8, 4) is 51.0 Å². The van der Waals surface area contributed by atoms with Crippen molar-refractivity contribution in [1.82, 2.24) is 19.5 Å². The second-order valence-corrected chi connectivity index (χ2v) is 20.7. The molecule has 0 aliphatic heterocycles. The van der Waals surface area contributed by atoms with E-state index in [-0.39, 0.29) is 281 Å². The lowest BCUT2D eigenvalue weighted by molar-refractivity contribution is 0.674. The lowest BCUT2D eigenvalue weighted by atomic mass is 9.56. The minimum Gasteiger partial charge on any atom is -0.457 e. The van der Waals surface area contributed by atoms with Crippen LogP contribution >= 0.6 is 0 Å². The molecular formula is C51B30N4O2. The largest absolute Gasteiger partial charge is 0.457 e. The van der Waals surface area contributed by atoms with E-state index < -0.39 is 0 Å². The molecule has 0 N–H and O–H groups in total. The van der Waals surface area contributed by atoms with Gasteiger partial charge in [-0.25, -0.2) is 15.0 Å². The fourth-order valence-electron chi connectivity index (χ4n) is 11.6. The van der Waals surface area contributed by atoms with E-state index in [2.05, 4.69) is 0 Å². The van der Waals surface area contributed by atoms with Crippen LogP contribution in [0.4, 0.5) is 0 Å². The van der Waals surface area contributed by atoms with Crippen LogP contribution < -0.4 is 164 Å². The SMILES string of the molecule is [B]c1c([B])c([B])c(-c2nc(-c3c([B])c([B])c([B])c(-c4c([B])c([B])c([B])c([B])c4[B])c3[B])nc(-c3c([B])c([B])c([B])c4oc5c([B])c(-n6c7c([B])c([B])c([B])c([B])c7c7c8oc9c([B])c([B])c([B])c([B])c9c8c([B])c([B])c76)c([B])c([B])c5c34)n2)c([B])c1[B]. The monoisotopic (exact) mass is 1030 g/mol. The quantitative estimate of drug-likeness (QED) is 0.161. The second-order valence-electron chi connectivity index (χ2n) is 20.7. The number of benzene rings is 8. The zero-order valence-electron chi connectivity index (χ0n) is 45.4. The molecule has 6 nitrogen and oxygen atoms in total. The van der Waals surface area contributed by atoms with Crippen LogP contribution in [0.1, 0.15) is 0 Å². The molecule has 0 spiro atoms. The van der Waals surface area contributed by atoms with Gasteiger partial charge in [-0.05, 0) is 16.6 Å². The molecule has 0 saturated carbocycles. The average molecular weight is 1020 g/mol. The number of furan rings is 2. The minimum atomic E-state index is -0.389. The fourth-order valence-corrected chi connectivity index (χ4v) is 11.6. The van der Waals surface area contributed by atoms with Gasteiger partial charge in [-0.3, -0.25) is 0 Å². The zero-order valence-corrected chi connectivity index (χ0v) is 45.4. The topological polar surface area (TPSA) is 69.9 Å². The van der Waals surface area contributed by atoms with Gasteiger partial charge < -0.3 is 13.4 Å². The van der Waals surface area contributed by atoms with Crippen LogP contribution in [0.2, 0.25) is 0 Å². The molecule has 60 radical (unpaired) electrons. The number of fused-ring (bicyclic) bond motifs is 10. The summed E-state index contributed by atoms with van der Waals surface area (Å²) < 4.78 is 14.6. The van der Waals surface area contributed by atoms with Crippen LogP contribution in [0.15, 0.2) is 8.83 Å². The van der Waals surface area contributed by atoms with Crippen molar-refractivity contribution in [2.75, 3.05) is 0 Å². The Hall–Kier alpha value is -5.88. The number of hydrogen-bond acceptors (Lipinski definition) is 5. The van der Waals surface area contributed by atoms with Crippen LogP contribution in [-0.4, -0.2) is 255 Å². The van der Waals surface area contributed by atoms with Crippen LogP contribution in [-0.2, 0) is 0 Å². The van der Waals surface area contributed by atoms with Gasteiger partial charge in [-0.15, -0.1) is 65.6 Å². The van der Waals surface area contributed by atoms with E-state index in [0.717, 1.165) is 0 Å². The first-order chi connectivity index (χ1) is 40.7. The third-order valence-corrected chi connectivity index (χ3v) is 16.3. The molecule has 87 heavy (non-hydrogen) atoms. The summed E-state index contributed by atoms with van der Waals surface area (Å²) in [4.78, 5) is 14.5. The Morgan fingerprint density at radius 1 is 0.184 bits per heavy atom. The summed E-state index contributed by atoms with van der Waals surface area (Å²) in [6, 6.07) is 0. The van der Waals surface area contributed by atoms with Gasteiger partial charge in [0, 0.05) is 60.2 Å². The highest BCUT2D eigenvalue weighted by Crippen LogP contribution is 2.38. The first kappa shape index (κ1) is 61.4. The summed E-state index contributed by atoms with van der Waals surface area (Å²) in [5.41, 5.74) is -6.57. The van der Waals surface area contributed by atoms with Gasteiger partial charge in [0.05, 0.1) is 5.52 Å². The molecular weight excluding hydrogens is 1020 g/mol. The van der Waals surface area contributed by atoms with Gasteiger partial charge in [0.1, 0.15) is 258 Å². The maximum atomic E-state index is 7.34. The maximum absolute atomic E-state index is 7.34. The second kappa shape index (κ2) is 20.8. The predicted octanol–water partition coefficient (Wildman–Crippen LogP) is -22.8. The normalized spacial score (nSPS) is 11.9. The number of nitrogens with zero attached hydrogens (tertiary/aromatic N) is 4. The van der Waals surface area contributed by atoms with E-state index in [4.69, 9.17) is 259 Å². The lowest BCUT2D eigenvalue weighted by Crippen LogP contribution is -2.57. The molecule has 0 aliphatic carbocycles. The van der Waals surface area contributed by atoms with Crippen molar-refractivity contribution in [2.24, 2.45) is 0 Å². The maximum Gasteiger partial charge on any atom is 0.164 e. The molecule has 0 atom stereocenters. The third kappa shape index (κ3) is 8.07. The van der Waals surface area contributed by atoms with Gasteiger partial charge >= 0.3 is 0 Å². The van der Waals surface area contributed by atoms with Gasteiger partial charge in [0.25, 0.3) is 0 Å². The fraction of sp³-hybridized carbons (Fsp3) is 0. The van der Waals surface area contributed by atoms with Gasteiger partial charge in [-0.2, -0.15) is 0 Å². The lowest BCUT2D eigenvalue weighted by Gasteiger charge is -2.28. The Balaban J connectivity index is 1.23. The molecule has 12 rings (SSSR count). The molecule has 4 aromatic heterocycles. The zero-order chi connectivity index (χ0) is 63.6. The van der Waals surface area contributed by atoms with Crippen LogP contribution in [0.5, 0.6) is 0 Å². The predicted molar refractivity (Wildman–Crippen MR) is 392 cm³/mol. The summed E-state index contributed by atoms with van der Waals surface area (Å²) >= 11 is 0. The average Bonchev–Trinajstić information content (AvgIpc) is 1.54. The first-order valence-corrected chi connectivity index (χ1v) is 25.2. The smallest absolute Gasteiger partial charge is 0.164 e. The molecule has 36 heteroatoms. The molecule has 0 aliphatic rings. The Kier molecular flexibility index (Phi) is 14.7. The van der Waals surface area contributed by atoms with E-state index in [1.54, 1.807) is 0 Å². The molecule has 0 unspecified atom stereocenters. The molecule has 4 heterocycles. The molecule has 326 valence electrons. The standard InChI is InChI=1S/C51B30N4O2/c52-12-2(3-14(54)25(65)32(72)26(66)15(3)55)13(53)24(64)21(61)10(12)50-82-49(83-51(84-50)11-22(62)29(69)33(73)30(70)23(11)63)8-1-5-18(58)37(77)44(41(81)48(5)87-46(1)39(79)31(71)20(8)60)85-42-4(16(56)27(67)34(74)38(42)78)9-43(85)36(76)19(59)6-7-17(57)28(68)35(75)40(80)47(7)86-45(6)9. The third-order valence-electron chi connectivity index (χ3n) is 16.3. The van der Waals surface area contributed by atoms with E-state index >= 15 is 0 Å². The molecule has 0 saturated heterocycles. The Morgan fingerprint density at radius 3 is 0.954 bits per heavy atom. The van der Waals surface area contributed by atoms with E-state index in [1.807, 2.05) is 0 Å². The molecule has 0 bridgehead atoms. The van der Waals surface area contributed by atoms with Crippen molar-refractivity contribution in [3.63, 3.8) is 0 Å². The van der Waals surface area contributed by atoms with Gasteiger partial charge in [0.2, 0.25) is 0 Å². The summed E-state index contributed by atoms with van der Waals surface area (Å²) in [6.45, 7) is 0. The summed E-state index contributed by atoms with van der Waals surface area (Å²) in [6.07, 6.45) is 0. The van der Waals surface area contributed by atoms with E-state index in [1.165, 1.54) is 4.57 Å². The Morgan fingerprint density at radius 2 is 0.448 bits per heavy atom. The van der Waals surface area contributed by atoms with E-state index in [9.17, 15) is 0 Å². The van der Waals surface area contributed by atoms with Crippen LogP contribution in [0.25, 0.3) is 117 Å². The van der Waals surface area contributed by atoms with E-state index in [0.29, 0.717) is 0 Å². The van der Waals surface area contributed by atoms with Gasteiger partial charge in [0.15, 0.2) is 17.5 Å². The Labute approximate surface area is 540 Å². The summed E-state index contributed by atoms with van der Waals surface area (Å²) in [5.74, 6) is -1.13. The number of aromatic nitrogens is 4. The van der Waals surface area contributed by atoms with Crippen molar-refractivity contribution in [1.29, 1.82) is 0 Å². The number of rotatable bonds is 5. The van der Waals surface area contributed by atoms with Crippen molar-refractivity contribution < 1.29 is 8.83 Å². The molecule has 0 fully saturated rings. The summed E-state index contributed by atoms with van der Waals surface area (Å²) in [5, 5.41) is 0.512. The van der Waals surface area contributed by atoms with Crippen LogP contribution in [0.3, 0.4) is 0 Å². The number of hydrogen-bond donors (Lipinski definition) is 0. The highest BCUT2D eigenvalue weighted by atomic mass is 16.3. The first-order valence-electron chi connectivity index (χ1n) is 25.2. The molecule has 12 aromatic rings. The van der Waals surface area contributed by atoms with Gasteiger partial charge in [-0.1, -0.05) is 92.9 Å². The highest BCUT2D eigenvalue weighted by Gasteiger charge is 2.32. The highest BCUT2D eigenvalue weighted by molar-refractivity contribution is 6.75. The Bertz CT molecular complexity index is 5250.